The van der Waals surface area contributed by atoms with Crippen molar-refractivity contribution in [2.24, 2.45) is 57.2 Å². The Hall–Kier alpha value is -1.12. The molecule has 4 saturated carbocycles. The Morgan fingerprint density at radius 2 is 1.71 bits per heavy atom. The van der Waals surface area contributed by atoms with Crippen molar-refractivity contribution in [2.75, 3.05) is 0 Å². The Labute approximate surface area is 207 Å². The quantitative estimate of drug-likeness (QED) is 0.422. The van der Waals surface area contributed by atoms with Crippen LogP contribution in [-0.2, 0) is 16.6 Å². The molecule has 5 aliphatic carbocycles. The number of nitrogens with zero attached hydrogens (tertiary/aromatic N) is 1. The molecule has 3 nitrogen and oxygen atoms in total. The van der Waals surface area contributed by atoms with Gasteiger partial charge in [-0.25, -0.2) is 0 Å². The first-order valence-electron chi connectivity index (χ1n) is 14.3. The average molecular weight is 466 g/mol. The molecule has 0 saturated heterocycles. The van der Waals surface area contributed by atoms with Gasteiger partial charge in [-0.15, -0.1) is 0 Å². The van der Waals surface area contributed by atoms with Gasteiger partial charge in [0.2, 0.25) is 0 Å². The minimum atomic E-state index is -0.0341. The molecule has 1 aromatic heterocycles. The van der Waals surface area contributed by atoms with Crippen molar-refractivity contribution >= 4 is 6.29 Å². The highest BCUT2D eigenvalue weighted by molar-refractivity contribution is 5.61. The zero-order valence-electron chi connectivity index (χ0n) is 22.7. The summed E-state index contributed by atoms with van der Waals surface area (Å²) in [7, 11) is 0. The number of aldehydes is 1. The predicted octanol–water partition coefficient (Wildman–Crippen LogP) is 7.62. The van der Waals surface area contributed by atoms with E-state index in [0.29, 0.717) is 34.5 Å². The van der Waals surface area contributed by atoms with Gasteiger partial charge in [0, 0.05) is 16.4 Å². The van der Waals surface area contributed by atoms with E-state index in [0.717, 1.165) is 36.9 Å². The van der Waals surface area contributed by atoms with Crippen LogP contribution in [0.5, 0.6) is 0 Å². The van der Waals surface area contributed by atoms with E-state index in [1.807, 2.05) is 6.20 Å². The topological polar surface area (TPSA) is 43.1 Å². The molecule has 0 amide bonds. The molecule has 0 bridgehead atoms. The van der Waals surface area contributed by atoms with Gasteiger partial charge in [0.15, 0.2) is 0 Å². The summed E-state index contributed by atoms with van der Waals surface area (Å²) in [6.45, 7) is 17.7. The second-order valence-electron chi connectivity index (χ2n) is 15.1. The van der Waals surface area contributed by atoms with Crippen LogP contribution in [0, 0.1) is 57.2 Å². The SMILES string of the molecule is CC(C)[C@@H]1CC[C@]2(C=O)CC[C@]3(C)[C@H](CC[C@@H]4[C@@]5(C)Cc6cnoc6C(C)(C)[C@@H]5CC[C@]43C)[C@@H]12. The van der Waals surface area contributed by atoms with Gasteiger partial charge in [-0.2, -0.15) is 0 Å². The van der Waals surface area contributed by atoms with Gasteiger partial charge in [0.1, 0.15) is 12.0 Å². The first kappa shape index (κ1) is 23.3. The summed E-state index contributed by atoms with van der Waals surface area (Å²) in [6.07, 6.45) is 14.6. The second kappa shape index (κ2) is 7.00. The number of aromatic nitrogens is 1. The molecule has 0 unspecified atom stereocenters. The van der Waals surface area contributed by atoms with Gasteiger partial charge in [0.05, 0.1) is 6.20 Å². The van der Waals surface area contributed by atoms with E-state index in [1.54, 1.807) is 0 Å². The van der Waals surface area contributed by atoms with Crippen molar-refractivity contribution in [3.8, 4) is 0 Å². The predicted molar refractivity (Wildman–Crippen MR) is 135 cm³/mol. The molecule has 3 heteroatoms. The van der Waals surface area contributed by atoms with Crippen LogP contribution in [0.2, 0.25) is 0 Å². The van der Waals surface area contributed by atoms with E-state index in [-0.39, 0.29) is 16.2 Å². The molecular weight excluding hydrogens is 418 g/mol. The lowest BCUT2D eigenvalue weighted by atomic mass is 9.32. The zero-order chi connectivity index (χ0) is 24.3. The van der Waals surface area contributed by atoms with E-state index in [4.69, 9.17) is 4.52 Å². The number of fused-ring (bicyclic) bond motifs is 8. The summed E-state index contributed by atoms with van der Waals surface area (Å²) in [4.78, 5) is 12.7. The van der Waals surface area contributed by atoms with Gasteiger partial charge in [0.25, 0.3) is 0 Å². The molecular formula is C31H47NO2. The van der Waals surface area contributed by atoms with E-state index < -0.39 is 0 Å². The Morgan fingerprint density at radius 3 is 2.41 bits per heavy atom. The molecule has 6 rings (SSSR count). The van der Waals surface area contributed by atoms with Crippen LogP contribution in [0.1, 0.15) is 111 Å². The van der Waals surface area contributed by atoms with E-state index in [1.165, 1.54) is 50.4 Å². The molecule has 0 radical (unpaired) electrons. The van der Waals surface area contributed by atoms with Crippen LogP contribution in [0.4, 0.5) is 0 Å². The largest absolute Gasteiger partial charge is 0.361 e. The zero-order valence-corrected chi connectivity index (χ0v) is 22.7. The standard InChI is InChI=1S/C31H47NO2/c1-19(2)21-10-13-31(18-33)15-14-29(6)22(25(21)31)8-9-24-28(5)16-20-17-32-34-26(20)27(3,4)23(28)11-12-30(24,29)7/h17-19,21-25H,8-16H2,1-7H3/t21-,22+,23-,24+,25+,28-,29+,30+,31+/m0/s1. The maximum Gasteiger partial charge on any atom is 0.145 e. The minimum absolute atomic E-state index is 0.0341. The number of hydrogen-bond donors (Lipinski definition) is 0. The number of rotatable bonds is 2. The lowest BCUT2D eigenvalue weighted by molar-refractivity contribution is -0.225. The normalized spacial score (nSPS) is 51.1. The van der Waals surface area contributed by atoms with Crippen molar-refractivity contribution in [1.29, 1.82) is 0 Å². The molecule has 9 atom stereocenters. The van der Waals surface area contributed by atoms with Crippen LogP contribution in [0.25, 0.3) is 0 Å². The molecule has 4 fully saturated rings. The Kier molecular flexibility index (Phi) is 4.80. The lowest BCUT2D eigenvalue weighted by Gasteiger charge is -2.72. The average Bonchev–Trinajstić information content (AvgIpc) is 3.39. The summed E-state index contributed by atoms with van der Waals surface area (Å²) in [5, 5.41) is 4.26. The molecule has 188 valence electrons. The molecule has 1 aromatic rings. The van der Waals surface area contributed by atoms with Crippen molar-refractivity contribution < 1.29 is 9.32 Å². The van der Waals surface area contributed by atoms with Crippen LogP contribution < -0.4 is 0 Å². The van der Waals surface area contributed by atoms with Crippen molar-refractivity contribution in [3.05, 3.63) is 17.5 Å². The molecule has 0 aromatic carbocycles. The third kappa shape index (κ3) is 2.55. The van der Waals surface area contributed by atoms with Crippen molar-refractivity contribution in [1.82, 2.24) is 5.16 Å². The second-order valence-corrected chi connectivity index (χ2v) is 15.1. The van der Waals surface area contributed by atoms with E-state index >= 15 is 0 Å². The monoisotopic (exact) mass is 465 g/mol. The summed E-state index contributed by atoms with van der Waals surface area (Å²) in [5.74, 6) is 5.22. The van der Waals surface area contributed by atoms with Crippen molar-refractivity contribution in [2.45, 2.75) is 112 Å². The van der Waals surface area contributed by atoms with Crippen LogP contribution in [0.3, 0.4) is 0 Å². The Balaban J connectivity index is 1.43. The summed E-state index contributed by atoms with van der Waals surface area (Å²) in [5.41, 5.74) is 2.33. The molecule has 34 heavy (non-hydrogen) atoms. The van der Waals surface area contributed by atoms with Gasteiger partial charge in [-0.1, -0.05) is 53.6 Å². The molecule has 0 N–H and O–H groups in total. The Bertz CT molecular complexity index is 993. The van der Waals surface area contributed by atoms with Crippen LogP contribution >= 0.6 is 0 Å². The lowest BCUT2D eigenvalue weighted by Crippen LogP contribution is -2.66. The maximum atomic E-state index is 12.7. The van der Waals surface area contributed by atoms with Gasteiger partial charge < -0.3 is 9.32 Å². The van der Waals surface area contributed by atoms with E-state index in [9.17, 15) is 4.79 Å². The molecule has 1 heterocycles. The Morgan fingerprint density at radius 1 is 0.941 bits per heavy atom. The highest BCUT2D eigenvalue weighted by Crippen LogP contribution is 2.77. The third-order valence-corrected chi connectivity index (χ3v) is 13.6. The summed E-state index contributed by atoms with van der Waals surface area (Å²) < 4.78 is 5.85. The number of carbonyl (C=O) groups is 1. The molecule has 5 aliphatic rings. The highest BCUT2D eigenvalue weighted by Gasteiger charge is 2.71. The fraction of sp³-hybridized carbons (Fsp3) is 0.871. The summed E-state index contributed by atoms with van der Waals surface area (Å²) >= 11 is 0. The van der Waals surface area contributed by atoms with Crippen molar-refractivity contribution in [3.63, 3.8) is 0 Å². The fourth-order valence-corrected chi connectivity index (χ4v) is 11.9. The first-order valence-corrected chi connectivity index (χ1v) is 14.3. The fourth-order valence-electron chi connectivity index (χ4n) is 11.9. The third-order valence-electron chi connectivity index (χ3n) is 13.6. The molecule has 0 spiro atoms. The summed E-state index contributed by atoms with van der Waals surface area (Å²) in [6, 6.07) is 0. The van der Waals surface area contributed by atoms with Crippen LogP contribution in [-0.4, -0.2) is 11.4 Å². The van der Waals surface area contributed by atoms with Gasteiger partial charge in [-0.05, 0) is 110 Å². The number of carbonyl (C=O) groups excluding carboxylic acids is 1. The minimum Gasteiger partial charge on any atom is -0.361 e. The number of hydrogen-bond acceptors (Lipinski definition) is 3. The van der Waals surface area contributed by atoms with Gasteiger partial charge >= 0.3 is 0 Å². The van der Waals surface area contributed by atoms with Crippen LogP contribution in [0.15, 0.2) is 10.7 Å². The van der Waals surface area contributed by atoms with Gasteiger partial charge in [-0.3, -0.25) is 0 Å². The maximum absolute atomic E-state index is 12.7. The highest BCUT2D eigenvalue weighted by atomic mass is 16.5. The molecule has 0 aliphatic heterocycles. The first-order chi connectivity index (χ1) is 15.9. The van der Waals surface area contributed by atoms with E-state index in [2.05, 4.69) is 53.6 Å². The smallest absolute Gasteiger partial charge is 0.145 e.